The van der Waals surface area contributed by atoms with Crippen LogP contribution in [-0.2, 0) is 9.53 Å². The van der Waals surface area contributed by atoms with Crippen molar-refractivity contribution in [3.63, 3.8) is 0 Å². The number of carbonyl (C=O) groups excluding carboxylic acids is 1. The van der Waals surface area contributed by atoms with Gasteiger partial charge in [-0.2, -0.15) is 0 Å². The van der Waals surface area contributed by atoms with Crippen LogP contribution in [0.4, 0.5) is 0 Å². The highest BCUT2D eigenvalue weighted by atomic mass is 16.5. The summed E-state index contributed by atoms with van der Waals surface area (Å²) in [6.45, 7) is 7.93. The molecule has 1 fully saturated rings. The normalized spacial score (nSPS) is 23.5. The zero-order chi connectivity index (χ0) is 11.5. The largest absolute Gasteiger partial charge is 0.468 e. The lowest BCUT2D eigenvalue weighted by molar-refractivity contribution is -0.155. The molecule has 4 nitrogen and oxygen atoms in total. The van der Waals surface area contributed by atoms with Gasteiger partial charge in [-0.3, -0.25) is 9.69 Å². The first-order valence-corrected chi connectivity index (χ1v) is 5.56. The van der Waals surface area contributed by atoms with Crippen molar-refractivity contribution < 1.29 is 9.53 Å². The van der Waals surface area contributed by atoms with E-state index in [0.29, 0.717) is 0 Å². The van der Waals surface area contributed by atoms with Gasteiger partial charge in [0.25, 0.3) is 0 Å². The minimum Gasteiger partial charge on any atom is -0.468 e. The maximum atomic E-state index is 11.8. The molecule has 0 N–H and O–H groups in total. The standard InChI is InChI=1S/C11H22N2O2/c1-5-11(2,10(14)15-4)13-8-6-12(3)7-9-13/h5-9H2,1-4H3. The molecule has 0 aromatic carbocycles. The maximum absolute atomic E-state index is 11.8. The molecule has 88 valence electrons. The number of hydrogen-bond donors (Lipinski definition) is 0. The molecule has 0 saturated carbocycles. The van der Waals surface area contributed by atoms with Crippen molar-refractivity contribution in [2.75, 3.05) is 40.3 Å². The van der Waals surface area contributed by atoms with Crippen molar-refractivity contribution in [2.24, 2.45) is 0 Å². The van der Waals surface area contributed by atoms with Crippen LogP contribution >= 0.6 is 0 Å². The molecule has 15 heavy (non-hydrogen) atoms. The highest BCUT2D eigenvalue weighted by molar-refractivity contribution is 5.80. The van der Waals surface area contributed by atoms with E-state index in [4.69, 9.17) is 4.74 Å². The third-order valence-corrected chi connectivity index (χ3v) is 3.51. The van der Waals surface area contributed by atoms with E-state index >= 15 is 0 Å². The fraction of sp³-hybridized carbons (Fsp3) is 0.909. The lowest BCUT2D eigenvalue weighted by Crippen LogP contribution is -2.58. The number of carbonyl (C=O) groups is 1. The number of nitrogens with zero attached hydrogens (tertiary/aromatic N) is 2. The van der Waals surface area contributed by atoms with Crippen molar-refractivity contribution >= 4 is 5.97 Å². The van der Waals surface area contributed by atoms with Crippen molar-refractivity contribution in [1.29, 1.82) is 0 Å². The molecule has 1 aliphatic rings. The molecule has 0 radical (unpaired) electrons. The van der Waals surface area contributed by atoms with Gasteiger partial charge >= 0.3 is 5.97 Å². The van der Waals surface area contributed by atoms with Gasteiger partial charge in [0.15, 0.2) is 0 Å². The number of ether oxygens (including phenoxy) is 1. The predicted octanol–water partition coefficient (Wildman–Crippen LogP) is 0.575. The number of esters is 1. The summed E-state index contributed by atoms with van der Waals surface area (Å²) in [5.41, 5.74) is -0.448. The third-order valence-electron chi connectivity index (χ3n) is 3.51. The summed E-state index contributed by atoms with van der Waals surface area (Å²) in [4.78, 5) is 16.3. The quantitative estimate of drug-likeness (QED) is 0.643. The highest BCUT2D eigenvalue weighted by Gasteiger charge is 2.39. The zero-order valence-corrected chi connectivity index (χ0v) is 10.2. The SMILES string of the molecule is CCC(C)(C(=O)OC)N1CCN(C)CC1. The molecule has 0 aliphatic carbocycles. The molecule has 1 saturated heterocycles. The van der Waals surface area contributed by atoms with Crippen molar-refractivity contribution in [2.45, 2.75) is 25.8 Å². The molecule has 1 heterocycles. The van der Waals surface area contributed by atoms with Crippen LogP contribution in [0.15, 0.2) is 0 Å². The number of hydrogen-bond acceptors (Lipinski definition) is 4. The lowest BCUT2D eigenvalue weighted by Gasteiger charge is -2.42. The number of piperazine rings is 1. The molecule has 0 aromatic rings. The van der Waals surface area contributed by atoms with Crippen LogP contribution in [0.5, 0.6) is 0 Å². The first-order chi connectivity index (χ1) is 7.04. The Morgan fingerprint density at radius 2 is 1.87 bits per heavy atom. The molecule has 0 aromatic heterocycles. The summed E-state index contributed by atoms with van der Waals surface area (Å²) in [6.07, 6.45) is 0.795. The van der Waals surface area contributed by atoms with Crippen LogP contribution in [0, 0.1) is 0 Å². The summed E-state index contributed by atoms with van der Waals surface area (Å²) in [5.74, 6) is -0.116. The second kappa shape index (κ2) is 4.94. The molecular weight excluding hydrogens is 192 g/mol. The van der Waals surface area contributed by atoms with Crippen LogP contribution in [0.25, 0.3) is 0 Å². The summed E-state index contributed by atoms with van der Waals surface area (Å²) in [5, 5.41) is 0. The van der Waals surface area contributed by atoms with Gasteiger partial charge in [0, 0.05) is 26.2 Å². The second-order valence-electron chi connectivity index (χ2n) is 4.41. The van der Waals surface area contributed by atoms with E-state index in [1.165, 1.54) is 7.11 Å². The molecule has 1 rings (SSSR count). The van der Waals surface area contributed by atoms with E-state index < -0.39 is 5.54 Å². The molecule has 0 amide bonds. The molecule has 4 heteroatoms. The van der Waals surface area contributed by atoms with Gasteiger partial charge in [0.1, 0.15) is 5.54 Å². The minimum absolute atomic E-state index is 0.116. The van der Waals surface area contributed by atoms with E-state index in [1.807, 2.05) is 13.8 Å². The maximum Gasteiger partial charge on any atom is 0.325 e. The Morgan fingerprint density at radius 1 is 1.33 bits per heavy atom. The lowest BCUT2D eigenvalue weighted by atomic mass is 9.95. The Morgan fingerprint density at radius 3 is 2.27 bits per heavy atom. The van der Waals surface area contributed by atoms with Crippen molar-refractivity contribution in [3.8, 4) is 0 Å². The molecule has 1 aliphatic heterocycles. The van der Waals surface area contributed by atoms with Gasteiger partial charge in [-0.15, -0.1) is 0 Å². The summed E-state index contributed by atoms with van der Waals surface area (Å²) in [6, 6.07) is 0. The van der Waals surface area contributed by atoms with Gasteiger partial charge in [-0.25, -0.2) is 0 Å². The van der Waals surface area contributed by atoms with Crippen molar-refractivity contribution in [1.82, 2.24) is 9.80 Å². The van der Waals surface area contributed by atoms with Crippen LogP contribution in [0.1, 0.15) is 20.3 Å². The van der Waals surface area contributed by atoms with Gasteiger partial charge in [0.05, 0.1) is 7.11 Å². The molecular formula is C11H22N2O2. The van der Waals surface area contributed by atoms with E-state index in [9.17, 15) is 4.79 Å². The summed E-state index contributed by atoms with van der Waals surface area (Å²) in [7, 11) is 3.57. The molecule has 0 bridgehead atoms. The number of rotatable bonds is 3. The monoisotopic (exact) mass is 214 g/mol. The topological polar surface area (TPSA) is 32.8 Å². The summed E-state index contributed by atoms with van der Waals surface area (Å²) < 4.78 is 4.89. The molecule has 0 spiro atoms. The Hall–Kier alpha value is -0.610. The minimum atomic E-state index is -0.448. The van der Waals surface area contributed by atoms with Crippen LogP contribution in [-0.4, -0.2) is 61.6 Å². The van der Waals surface area contributed by atoms with E-state index in [1.54, 1.807) is 0 Å². The Kier molecular flexibility index (Phi) is 4.11. The van der Waals surface area contributed by atoms with Gasteiger partial charge in [-0.1, -0.05) is 6.92 Å². The third kappa shape index (κ3) is 2.49. The molecule has 1 unspecified atom stereocenters. The van der Waals surface area contributed by atoms with Gasteiger partial charge < -0.3 is 9.64 Å². The van der Waals surface area contributed by atoms with E-state index in [0.717, 1.165) is 32.6 Å². The molecule has 1 atom stereocenters. The van der Waals surface area contributed by atoms with E-state index in [2.05, 4.69) is 16.8 Å². The fourth-order valence-electron chi connectivity index (χ4n) is 2.02. The van der Waals surface area contributed by atoms with Gasteiger partial charge in [0.2, 0.25) is 0 Å². The van der Waals surface area contributed by atoms with E-state index in [-0.39, 0.29) is 5.97 Å². The average Bonchev–Trinajstić information content (AvgIpc) is 2.27. The van der Waals surface area contributed by atoms with Crippen molar-refractivity contribution in [3.05, 3.63) is 0 Å². The van der Waals surface area contributed by atoms with Crippen LogP contribution < -0.4 is 0 Å². The average molecular weight is 214 g/mol. The fourth-order valence-corrected chi connectivity index (χ4v) is 2.02. The first kappa shape index (κ1) is 12.5. The van der Waals surface area contributed by atoms with Crippen LogP contribution in [0.3, 0.4) is 0 Å². The smallest absolute Gasteiger partial charge is 0.325 e. The van der Waals surface area contributed by atoms with Gasteiger partial charge in [-0.05, 0) is 20.4 Å². The highest BCUT2D eigenvalue weighted by Crippen LogP contribution is 2.22. The second-order valence-corrected chi connectivity index (χ2v) is 4.41. The Balaban J connectivity index is 2.69. The zero-order valence-electron chi connectivity index (χ0n) is 10.2. The Bertz CT molecular complexity index is 225. The number of likely N-dealkylation sites (N-methyl/N-ethyl adjacent to an activating group) is 1. The number of methoxy groups -OCH3 is 1. The Labute approximate surface area is 92.2 Å². The summed E-state index contributed by atoms with van der Waals surface area (Å²) >= 11 is 0. The first-order valence-electron chi connectivity index (χ1n) is 5.56. The van der Waals surface area contributed by atoms with Crippen LogP contribution in [0.2, 0.25) is 0 Å². The predicted molar refractivity (Wildman–Crippen MR) is 59.8 cm³/mol.